The Morgan fingerprint density at radius 3 is 2.92 bits per heavy atom. The quantitative estimate of drug-likeness (QED) is 0.805. The van der Waals surface area contributed by atoms with Crippen molar-refractivity contribution in [3.05, 3.63) is 41.3 Å². The molecule has 0 spiro atoms. The number of methoxy groups -OCH3 is 1. The zero-order valence-corrected chi connectivity index (χ0v) is 15.2. The number of carbonyl (C=O) groups excluding carboxylic acids is 2. The molecule has 2 aromatic rings. The summed E-state index contributed by atoms with van der Waals surface area (Å²) in [5.74, 6) is 0.0804. The molecule has 1 N–H and O–H groups in total. The number of hydrogen-bond acceptors (Lipinski definition) is 5. The highest BCUT2D eigenvalue weighted by molar-refractivity contribution is 5.98. The van der Waals surface area contributed by atoms with Gasteiger partial charge in [-0.05, 0) is 19.1 Å². The van der Waals surface area contributed by atoms with Crippen LogP contribution in [0.5, 0.6) is 5.88 Å². The third-order valence-electron chi connectivity index (χ3n) is 4.49. The first-order valence-corrected chi connectivity index (χ1v) is 8.64. The highest BCUT2D eigenvalue weighted by atomic mass is 16.5. The molecule has 0 bridgehead atoms. The fourth-order valence-electron chi connectivity index (χ4n) is 2.99. The molecule has 8 nitrogen and oxygen atoms in total. The zero-order chi connectivity index (χ0) is 18.7. The normalized spacial score (nSPS) is 14.3. The molecule has 0 saturated heterocycles. The molecule has 0 unspecified atom stereocenters. The minimum Gasteiger partial charge on any atom is -0.481 e. The molecule has 2 aromatic heterocycles. The van der Waals surface area contributed by atoms with Gasteiger partial charge in [0.25, 0.3) is 5.91 Å². The Kier molecular flexibility index (Phi) is 5.20. The molecule has 1 aliphatic rings. The summed E-state index contributed by atoms with van der Waals surface area (Å²) in [6.45, 7) is 5.66. The average Bonchev–Trinajstić information content (AvgIpc) is 3.26. The number of hydrogen-bond donors (Lipinski definition) is 1. The van der Waals surface area contributed by atoms with Crippen molar-refractivity contribution in [3.8, 4) is 5.88 Å². The van der Waals surface area contributed by atoms with Gasteiger partial charge in [-0.1, -0.05) is 6.92 Å². The van der Waals surface area contributed by atoms with E-state index < -0.39 is 0 Å². The van der Waals surface area contributed by atoms with Gasteiger partial charge in [-0.3, -0.25) is 14.3 Å². The second kappa shape index (κ2) is 7.55. The number of aromatic nitrogens is 3. The average molecular weight is 357 g/mol. The Morgan fingerprint density at radius 2 is 2.27 bits per heavy atom. The fourth-order valence-corrected chi connectivity index (χ4v) is 2.99. The van der Waals surface area contributed by atoms with Gasteiger partial charge in [-0.2, -0.15) is 5.10 Å². The van der Waals surface area contributed by atoms with Crippen LogP contribution in [0.1, 0.15) is 35.5 Å². The lowest BCUT2D eigenvalue weighted by Crippen LogP contribution is -2.31. The number of pyridine rings is 1. The maximum absolute atomic E-state index is 12.4. The topological polar surface area (TPSA) is 89.3 Å². The number of amides is 2. The van der Waals surface area contributed by atoms with Crippen LogP contribution in [0.3, 0.4) is 0 Å². The molecule has 8 heteroatoms. The van der Waals surface area contributed by atoms with Crippen molar-refractivity contribution in [3.63, 3.8) is 0 Å². The number of fused-ring (bicyclic) bond motifs is 1. The Balaban J connectivity index is 1.69. The summed E-state index contributed by atoms with van der Waals surface area (Å²) >= 11 is 0. The van der Waals surface area contributed by atoms with Crippen LogP contribution < -0.4 is 10.1 Å². The van der Waals surface area contributed by atoms with Crippen molar-refractivity contribution in [2.75, 3.05) is 13.7 Å². The van der Waals surface area contributed by atoms with Gasteiger partial charge in [0.2, 0.25) is 11.8 Å². The predicted octanol–water partition coefficient (Wildman–Crippen LogP) is 1.21. The Hall–Kier alpha value is -2.90. The standard InChI is InChI=1S/C18H23N5O3/c1-4-22-11-15-14(18(22)25)8-13(17(21-15)26-3)9-19-16(24)12(2)10-23-7-5-6-20-23/h5-8,12H,4,9-11H2,1-3H3,(H,19,24)/t12-/m0/s1. The molecule has 2 amide bonds. The summed E-state index contributed by atoms with van der Waals surface area (Å²) in [6.07, 6.45) is 3.50. The summed E-state index contributed by atoms with van der Waals surface area (Å²) in [5.41, 5.74) is 1.99. The fraction of sp³-hybridized carbons (Fsp3) is 0.444. The molecule has 26 heavy (non-hydrogen) atoms. The lowest BCUT2D eigenvalue weighted by Gasteiger charge is -2.14. The van der Waals surface area contributed by atoms with Crippen molar-refractivity contribution >= 4 is 11.8 Å². The maximum atomic E-state index is 12.4. The monoisotopic (exact) mass is 357 g/mol. The molecular weight excluding hydrogens is 334 g/mol. The molecule has 138 valence electrons. The smallest absolute Gasteiger partial charge is 0.256 e. The number of nitrogens with one attached hydrogen (secondary N) is 1. The number of nitrogens with zero attached hydrogens (tertiary/aromatic N) is 4. The number of ether oxygens (including phenoxy) is 1. The third kappa shape index (κ3) is 3.54. The van der Waals surface area contributed by atoms with Crippen LogP contribution in [0.2, 0.25) is 0 Å². The molecule has 1 atom stereocenters. The van der Waals surface area contributed by atoms with Gasteiger partial charge < -0.3 is 15.0 Å². The van der Waals surface area contributed by atoms with E-state index in [1.54, 1.807) is 21.8 Å². The predicted molar refractivity (Wildman–Crippen MR) is 94.4 cm³/mol. The van der Waals surface area contributed by atoms with Gasteiger partial charge in [-0.25, -0.2) is 4.98 Å². The van der Waals surface area contributed by atoms with E-state index in [9.17, 15) is 9.59 Å². The van der Waals surface area contributed by atoms with Crippen LogP contribution in [0, 0.1) is 5.92 Å². The largest absolute Gasteiger partial charge is 0.481 e. The lowest BCUT2D eigenvalue weighted by molar-refractivity contribution is -0.125. The molecule has 3 heterocycles. The van der Waals surface area contributed by atoms with Crippen molar-refractivity contribution in [1.82, 2.24) is 25.0 Å². The summed E-state index contributed by atoms with van der Waals surface area (Å²) < 4.78 is 7.07. The Labute approximate surface area is 152 Å². The van der Waals surface area contributed by atoms with E-state index in [4.69, 9.17) is 4.74 Å². The van der Waals surface area contributed by atoms with Crippen molar-refractivity contribution in [1.29, 1.82) is 0 Å². The second-order valence-electron chi connectivity index (χ2n) is 6.32. The SMILES string of the molecule is CCN1Cc2nc(OC)c(CNC(=O)[C@@H](C)Cn3cccn3)cc2C1=O. The first-order valence-electron chi connectivity index (χ1n) is 8.64. The van der Waals surface area contributed by atoms with Gasteiger partial charge in [0.15, 0.2) is 0 Å². The van der Waals surface area contributed by atoms with Crippen molar-refractivity contribution in [2.45, 2.75) is 33.5 Å². The maximum Gasteiger partial charge on any atom is 0.256 e. The second-order valence-corrected chi connectivity index (χ2v) is 6.32. The van der Waals surface area contributed by atoms with Crippen LogP contribution in [-0.2, 0) is 24.4 Å². The van der Waals surface area contributed by atoms with E-state index >= 15 is 0 Å². The third-order valence-corrected chi connectivity index (χ3v) is 4.49. The van der Waals surface area contributed by atoms with E-state index in [1.165, 1.54) is 7.11 Å². The van der Waals surface area contributed by atoms with Crippen LogP contribution in [0.15, 0.2) is 24.5 Å². The first-order chi connectivity index (χ1) is 12.5. The van der Waals surface area contributed by atoms with Crippen LogP contribution in [0.25, 0.3) is 0 Å². The summed E-state index contributed by atoms with van der Waals surface area (Å²) in [5, 5.41) is 7.00. The van der Waals surface area contributed by atoms with Crippen LogP contribution in [-0.4, -0.2) is 45.1 Å². The van der Waals surface area contributed by atoms with E-state index in [2.05, 4.69) is 15.4 Å². The first kappa shape index (κ1) is 17.9. The van der Waals surface area contributed by atoms with E-state index in [1.807, 2.05) is 26.1 Å². The van der Waals surface area contributed by atoms with Gasteiger partial charge in [-0.15, -0.1) is 0 Å². The van der Waals surface area contributed by atoms with Gasteiger partial charge >= 0.3 is 0 Å². The molecule has 0 saturated carbocycles. The highest BCUT2D eigenvalue weighted by Crippen LogP contribution is 2.26. The summed E-state index contributed by atoms with van der Waals surface area (Å²) in [4.78, 5) is 30.9. The van der Waals surface area contributed by atoms with Crippen molar-refractivity contribution < 1.29 is 14.3 Å². The van der Waals surface area contributed by atoms with Gasteiger partial charge in [0, 0.05) is 31.0 Å². The molecule has 0 fully saturated rings. The summed E-state index contributed by atoms with van der Waals surface area (Å²) in [6, 6.07) is 3.60. The van der Waals surface area contributed by atoms with Crippen molar-refractivity contribution in [2.24, 2.45) is 5.92 Å². The van der Waals surface area contributed by atoms with Gasteiger partial charge in [0.1, 0.15) is 0 Å². The molecular formula is C18H23N5O3. The van der Waals surface area contributed by atoms with Crippen LogP contribution in [0.4, 0.5) is 0 Å². The highest BCUT2D eigenvalue weighted by Gasteiger charge is 2.29. The van der Waals surface area contributed by atoms with E-state index in [0.29, 0.717) is 36.6 Å². The Morgan fingerprint density at radius 1 is 1.46 bits per heavy atom. The lowest BCUT2D eigenvalue weighted by atomic mass is 10.1. The molecule has 1 aliphatic heterocycles. The van der Waals surface area contributed by atoms with E-state index in [-0.39, 0.29) is 24.3 Å². The number of rotatable bonds is 7. The summed E-state index contributed by atoms with van der Waals surface area (Å²) in [7, 11) is 1.54. The van der Waals surface area contributed by atoms with E-state index in [0.717, 1.165) is 5.69 Å². The Bertz CT molecular complexity index is 803. The molecule has 0 radical (unpaired) electrons. The van der Waals surface area contributed by atoms with Gasteiger partial charge in [0.05, 0.1) is 37.4 Å². The van der Waals surface area contributed by atoms with Crippen LogP contribution >= 0.6 is 0 Å². The zero-order valence-electron chi connectivity index (χ0n) is 15.2. The minimum absolute atomic E-state index is 0.0303. The molecule has 3 rings (SSSR count). The number of carbonyl (C=O) groups is 2. The molecule has 0 aromatic carbocycles. The minimum atomic E-state index is -0.236. The molecule has 0 aliphatic carbocycles.